The van der Waals surface area contributed by atoms with Gasteiger partial charge >= 0.3 is 6.18 Å². The number of sulfone groups is 1. The highest BCUT2D eigenvalue weighted by Crippen LogP contribution is 2.22. The van der Waals surface area contributed by atoms with E-state index in [1.54, 1.807) is 19.1 Å². The van der Waals surface area contributed by atoms with Crippen LogP contribution in [0, 0.1) is 0 Å². The van der Waals surface area contributed by atoms with E-state index >= 15 is 0 Å². The molecule has 0 spiro atoms. The topological polar surface area (TPSA) is 103 Å². The fourth-order valence-corrected chi connectivity index (χ4v) is 3.47. The Hall–Kier alpha value is -2.99. The van der Waals surface area contributed by atoms with Gasteiger partial charge in [-0.3, -0.25) is 9.36 Å². The number of nitrogens with one attached hydrogen (secondary N) is 1. The predicted molar refractivity (Wildman–Crippen MR) is 113 cm³/mol. The highest BCUT2D eigenvalue weighted by Gasteiger charge is 2.28. The van der Waals surface area contributed by atoms with Gasteiger partial charge in [0, 0.05) is 19.0 Å². The van der Waals surface area contributed by atoms with Crippen LogP contribution < -0.4 is 15.6 Å². The zero-order valence-electron chi connectivity index (χ0n) is 17.3. The van der Waals surface area contributed by atoms with Crippen molar-refractivity contribution in [3.8, 4) is 11.4 Å². The van der Waals surface area contributed by atoms with Crippen molar-refractivity contribution in [2.45, 2.75) is 19.1 Å². The summed E-state index contributed by atoms with van der Waals surface area (Å²) in [6.45, 7) is 0.429. The van der Waals surface area contributed by atoms with Crippen LogP contribution in [0.5, 0.6) is 5.75 Å². The summed E-state index contributed by atoms with van der Waals surface area (Å²) in [5.41, 5.74) is 0.170. The summed E-state index contributed by atoms with van der Waals surface area (Å²) in [5.74, 6) is 0.174. The van der Waals surface area contributed by atoms with Gasteiger partial charge in [-0.15, -0.1) is 0 Å². The van der Waals surface area contributed by atoms with Gasteiger partial charge < -0.3 is 10.1 Å². The van der Waals surface area contributed by atoms with E-state index in [2.05, 4.69) is 15.3 Å². The molecular formula is C20H21F3N4O4S. The molecule has 1 atom stereocenters. The number of nitrogens with zero attached hydrogens (tertiary/aromatic N) is 3. The van der Waals surface area contributed by atoms with E-state index in [1.807, 2.05) is 0 Å². The number of halogens is 3. The molecule has 32 heavy (non-hydrogen) atoms. The SMILES string of the molecule is C[C@@H](NCCS(C)(=O)=O)c1nc2ncccc2c(=O)n1-c1ccc(OCC(F)(F)F)cc1. The van der Waals surface area contributed by atoms with Gasteiger partial charge in [0.25, 0.3) is 5.56 Å². The number of hydrogen-bond donors (Lipinski definition) is 1. The molecule has 0 amide bonds. The number of hydrogen-bond acceptors (Lipinski definition) is 7. The molecule has 0 aliphatic rings. The lowest BCUT2D eigenvalue weighted by Crippen LogP contribution is -2.32. The van der Waals surface area contributed by atoms with Gasteiger partial charge in [-0.25, -0.2) is 18.4 Å². The number of benzene rings is 1. The van der Waals surface area contributed by atoms with E-state index in [9.17, 15) is 26.4 Å². The minimum absolute atomic E-state index is 0.00425. The fraction of sp³-hybridized carbons (Fsp3) is 0.350. The second-order valence-electron chi connectivity index (χ2n) is 7.19. The van der Waals surface area contributed by atoms with E-state index in [4.69, 9.17) is 4.74 Å². The molecule has 2 aromatic heterocycles. The van der Waals surface area contributed by atoms with Gasteiger partial charge in [0.15, 0.2) is 12.3 Å². The molecule has 3 aromatic rings. The van der Waals surface area contributed by atoms with Gasteiger partial charge in [0.05, 0.1) is 22.9 Å². The molecule has 8 nitrogen and oxygen atoms in total. The van der Waals surface area contributed by atoms with Crippen molar-refractivity contribution < 1.29 is 26.3 Å². The highest BCUT2D eigenvalue weighted by atomic mass is 32.2. The summed E-state index contributed by atoms with van der Waals surface area (Å²) in [7, 11) is -3.19. The molecule has 0 aliphatic heterocycles. The van der Waals surface area contributed by atoms with Gasteiger partial charge in [-0.1, -0.05) is 0 Å². The molecule has 0 unspecified atom stereocenters. The quantitative estimate of drug-likeness (QED) is 0.539. The van der Waals surface area contributed by atoms with Crippen LogP contribution in [0.3, 0.4) is 0 Å². The largest absolute Gasteiger partial charge is 0.484 e. The van der Waals surface area contributed by atoms with Crippen molar-refractivity contribution in [3.63, 3.8) is 0 Å². The second kappa shape index (κ2) is 9.25. The van der Waals surface area contributed by atoms with Gasteiger partial charge in [0.2, 0.25) is 0 Å². The Morgan fingerprint density at radius 1 is 1.19 bits per heavy atom. The van der Waals surface area contributed by atoms with Crippen LogP contribution >= 0.6 is 0 Å². The lowest BCUT2D eigenvalue weighted by atomic mass is 10.2. The normalized spacial score (nSPS) is 13.3. The van der Waals surface area contributed by atoms with E-state index < -0.39 is 34.2 Å². The maximum Gasteiger partial charge on any atom is 0.422 e. The minimum atomic E-state index is -4.47. The first-order valence-corrected chi connectivity index (χ1v) is 11.6. The van der Waals surface area contributed by atoms with E-state index in [0.717, 1.165) is 6.26 Å². The molecule has 2 heterocycles. The molecule has 12 heteroatoms. The average molecular weight is 470 g/mol. The number of rotatable bonds is 8. The molecular weight excluding hydrogens is 449 g/mol. The molecule has 0 saturated heterocycles. The van der Waals surface area contributed by atoms with Crippen molar-refractivity contribution in [2.24, 2.45) is 0 Å². The number of fused-ring (bicyclic) bond motifs is 1. The Labute approximate surface area is 182 Å². The van der Waals surface area contributed by atoms with Crippen LogP contribution in [0.2, 0.25) is 0 Å². The third-order valence-corrected chi connectivity index (χ3v) is 5.42. The first kappa shape index (κ1) is 23.7. The zero-order chi connectivity index (χ0) is 23.5. The number of ether oxygens (including phenoxy) is 1. The third kappa shape index (κ3) is 6.04. The van der Waals surface area contributed by atoms with Crippen LogP contribution in [-0.4, -0.2) is 54.3 Å². The Morgan fingerprint density at radius 3 is 2.50 bits per heavy atom. The molecule has 1 N–H and O–H groups in total. The molecule has 1 aromatic carbocycles. The Morgan fingerprint density at radius 2 is 1.88 bits per heavy atom. The van der Waals surface area contributed by atoms with Crippen LogP contribution in [0.25, 0.3) is 16.7 Å². The first-order valence-electron chi connectivity index (χ1n) is 9.53. The summed E-state index contributed by atoms with van der Waals surface area (Å²) in [6, 6.07) is 8.18. The monoisotopic (exact) mass is 470 g/mol. The minimum Gasteiger partial charge on any atom is -0.484 e. The fourth-order valence-electron chi connectivity index (χ4n) is 2.98. The summed E-state index contributed by atoms with van der Waals surface area (Å²) in [4.78, 5) is 21.8. The average Bonchev–Trinajstić information content (AvgIpc) is 2.71. The Bertz CT molecular complexity index is 1260. The molecule has 0 fully saturated rings. The molecule has 3 rings (SSSR count). The Balaban J connectivity index is 2.00. The van der Waals surface area contributed by atoms with E-state index in [0.29, 0.717) is 5.69 Å². The van der Waals surface area contributed by atoms with E-state index in [-0.39, 0.29) is 34.9 Å². The van der Waals surface area contributed by atoms with Crippen LogP contribution in [0.15, 0.2) is 47.4 Å². The van der Waals surface area contributed by atoms with Gasteiger partial charge in [-0.2, -0.15) is 13.2 Å². The van der Waals surface area contributed by atoms with Crippen molar-refractivity contribution >= 4 is 20.9 Å². The van der Waals surface area contributed by atoms with E-state index in [1.165, 1.54) is 35.0 Å². The van der Waals surface area contributed by atoms with Crippen molar-refractivity contribution in [3.05, 3.63) is 58.8 Å². The van der Waals surface area contributed by atoms with Crippen LogP contribution in [-0.2, 0) is 9.84 Å². The number of aromatic nitrogens is 3. The lowest BCUT2D eigenvalue weighted by molar-refractivity contribution is -0.153. The smallest absolute Gasteiger partial charge is 0.422 e. The summed E-state index contributed by atoms with van der Waals surface area (Å²) >= 11 is 0. The summed E-state index contributed by atoms with van der Waals surface area (Å²) in [6.07, 6.45) is -1.85. The first-order chi connectivity index (χ1) is 14.9. The molecule has 0 bridgehead atoms. The number of alkyl halides is 3. The molecule has 172 valence electrons. The second-order valence-corrected chi connectivity index (χ2v) is 9.45. The Kier molecular flexibility index (Phi) is 6.84. The highest BCUT2D eigenvalue weighted by molar-refractivity contribution is 7.90. The van der Waals surface area contributed by atoms with Crippen molar-refractivity contribution in [1.29, 1.82) is 0 Å². The third-order valence-electron chi connectivity index (χ3n) is 4.48. The van der Waals surface area contributed by atoms with Crippen LogP contribution in [0.4, 0.5) is 13.2 Å². The van der Waals surface area contributed by atoms with Crippen molar-refractivity contribution in [2.75, 3.05) is 25.2 Å². The van der Waals surface area contributed by atoms with Gasteiger partial charge in [0.1, 0.15) is 21.4 Å². The number of pyridine rings is 1. The summed E-state index contributed by atoms with van der Waals surface area (Å²) < 4.78 is 66.0. The maximum absolute atomic E-state index is 13.2. The maximum atomic E-state index is 13.2. The van der Waals surface area contributed by atoms with Crippen molar-refractivity contribution in [1.82, 2.24) is 19.9 Å². The molecule has 0 aliphatic carbocycles. The zero-order valence-corrected chi connectivity index (χ0v) is 18.1. The van der Waals surface area contributed by atoms with Crippen LogP contribution in [0.1, 0.15) is 18.8 Å². The summed E-state index contributed by atoms with van der Waals surface area (Å²) in [5, 5.41) is 3.29. The lowest BCUT2D eigenvalue weighted by Gasteiger charge is -2.19. The predicted octanol–water partition coefficient (Wildman–Crippen LogP) is 2.42. The molecule has 0 saturated carbocycles. The standard InChI is InChI=1S/C20H21F3N4O4S/c1-13(24-10-11-32(2,29)30)18-26-17-16(4-3-9-25-17)19(28)27(18)14-5-7-15(8-6-14)31-12-20(21,22)23/h3-9,13,24H,10-12H2,1-2H3/t13-/m1/s1. The molecule has 0 radical (unpaired) electrons. The van der Waals surface area contributed by atoms with Gasteiger partial charge in [-0.05, 0) is 43.3 Å².